The summed E-state index contributed by atoms with van der Waals surface area (Å²) in [6, 6.07) is 9.76. The summed E-state index contributed by atoms with van der Waals surface area (Å²) in [7, 11) is 1.60. The first-order valence-corrected chi connectivity index (χ1v) is 7.89. The summed E-state index contributed by atoms with van der Waals surface area (Å²) in [5.41, 5.74) is 1.78. The molecule has 0 spiro atoms. The lowest BCUT2D eigenvalue weighted by Gasteiger charge is -2.12. The van der Waals surface area contributed by atoms with Gasteiger partial charge >= 0.3 is 0 Å². The number of amides is 1. The largest absolute Gasteiger partial charge is 0.383 e. The Balaban J connectivity index is 1.94. The fraction of sp³-hybridized carbons (Fsp3) is 0.333. The van der Waals surface area contributed by atoms with E-state index in [1.807, 2.05) is 37.3 Å². The molecular weight excluding hydrogens is 300 g/mol. The Morgan fingerprint density at radius 1 is 1.45 bits per heavy atom. The summed E-state index contributed by atoms with van der Waals surface area (Å²) in [6.45, 7) is 2.38. The van der Waals surface area contributed by atoms with Crippen LogP contribution in [-0.2, 0) is 9.53 Å². The van der Waals surface area contributed by atoms with E-state index in [4.69, 9.17) is 10.6 Å². The molecule has 0 aliphatic carbocycles. The lowest BCUT2D eigenvalue weighted by atomic mass is 10.2. The van der Waals surface area contributed by atoms with E-state index in [-0.39, 0.29) is 17.7 Å². The Hall–Kier alpha value is -1.99. The minimum atomic E-state index is -0.0705. The molecule has 0 bridgehead atoms. The van der Waals surface area contributed by atoms with Crippen molar-refractivity contribution < 1.29 is 9.53 Å². The van der Waals surface area contributed by atoms with Crippen LogP contribution in [0, 0.1) is 0 Å². The number of nitrogen functional groups attached to an aromatic ring is 1. The van der Waals surface area contributed by atoms with Crippen molar-refractivity contribution in [1.29, 1.82) is 0 Å². The Morgan fingerprint density at radius 3 is 2.86 bits per heavy atom. The number of imidazole rings is 1. The minimum Gasteiger partial charge on any atom is -0.383 e. The zero-order chi connectivity index (χ0) is 15.9. The van der Waals surface area contributed by atoms with Gasteiger partial charge < -0.3 is 15.9 Å². The standard InChI is InChI=1S/C15H20N4O2S/c1-11(9-21-2)17-14(20)10-22-15-18-13(8-19(15)16)12-6-4-3-5-7-12/h3-8,11H,9-10,16H2,1-2H3,(H,17,20)/t11-/m1/s1. The van der Waals surface area contributed by atoms with Gasteiger partial charge in [-0.15, -0.1) is 0 Å². The molecule has 2 aromatic rings. The van der Waals surface area contributed by atoms with Crippen LogP contribution in [0.2, 0.25) is 0 Å². The van der Waals surface area contributed by atoms with Gasteiger partial charge in [-0.2, -0.15) is 0 Å². The molecular formula is C15H20N4O2S. The second-order valence-electron chi connectivity index (χ2n) is 4.89. The molecule has 0 radical (unpaired) electrons. The molecule has 0 aliphatic rings. The van der Waals surface area contributed by atoms with Crippen molar-refractivity contribution in [2.45, 2.75) is 18.1 Å². The average molecular weight is 320 g/mol. The lowest BCUT2D eigenvalue weighted by Crippen LogP contribution is -2.36. The molecule has 6 nitrogen and oxygen atoms in total. The molecule has 3 N–H and O–H groups in total. The highest BCUT2D eigenvalue weighted by molar-refractivity contribution is 7.99. The number of hydrogen-bond acceptors (Lipinski definition) is 5. The minimum absolute atomic E-state index is 0.0180. The van der Waals surface area contributed by atoms with Gasteiger partial charge in [0.1, 0.15) is 0 Å². The first-order chi connectivity index (χ1) is 10.6. The van der Waals surface area contributed by atoms with E-state index < -0.39 is 0 Å². The van der Waals surface area contributed by atoms with Crippen molar-refractivity contribution >= 4 is 17.7 Å². The van der Waals surface area contributed by atoms with Crippen LogP contribution in [-0.4, -0.2) is 41.1 Å². The number of benzene rings is 1. The third-order valence-electron chi connectivity index (χ3n) is 2.92. The van der Waals surface area contributed by atoms with Crippen LogP contribution >= 0.6 is 11.8 Å². The van der Waals surface area contributed by atoms with Crippen LogP contribution in [0.5, 0.6) is 0 Å². The quantitative estimate of drug-likeness (QED) is 0.597. The van der Waals surface area contributed by atoms with Gasteiger partial charge in [0.15, 0.2) is 5.16 Å². The van der Waals surface area contributed by atoms with Crippen LogP contribution in [0.1, 0.15) is 6.92 Å². The fourth-order valence-corrected chi connectivity index (χ4v) is 2.68. The molecule has 0 saturated heterocycles. The number of thioether (sulfide) groups is 1. The predicted octanol–water partition coefficient (Wildman–Crippen LogP) is 1.51. The molecule has 118 valence electrons. The van der Waals surface area contributed by atoms with Crippen molar-refractivity contribution in [3.05, 3.63) is 36.5 Å². The zero-order valence-electron chi connectivity index (χ0n) is 12.7. The topological polar surface area (TPSA) is 82.2 Å². The van der Waals surface area contributed by atoms with Gasteiger partial charge in [0.2, 0.25) is 5.91 Å². The normalized spacial score (nSPS) is 12.1. The Bertz CT molecular complexity index is 615. The number of nitrogens with two attached hydrogens (primary N) is 1. The molecule has 7 heteroatoms. The second-order valence-corrected chi connectivity index (χ2v) is 5.84. The molecule has 22 heavy (non-hydrogen) atoms. The lowest BCUT2D eigenvalue weighted by molar-refractivity contribution is -0.119. The van der Waals surface area contributed by atoms with Crippen molar-refractivity contribution in [3.63, 3.8) is 0 Å². The number of rotatable bonds is 7. The second kappa shape index (κ2) is 7.86. The van der Waals surface area contributed by atoms with Crippen LogP contribution in [0.3, 0.4) is 0 Å². The molecule has 1 aromatic heterocycles. The molecule has 2 rings (SSSR count). The van der Waals surface area contributed by atoms with Crippen molar-refractivity contribution in [2.24, 2.45) is 0 Å². The van der Waals surface area contributed by atoms with Crippen LogP contribution in [0.25, 0.3) is 11.3 Å². The molecule has 1 aromatic carbocycles. The van der Waals surface area contributed by atoms with Gasteiger partial charge in [0, 0.05) is 18.7 Å². The first-order valence-electron chi connectivity index (χ1n) is 6.91. The zero-order valence-corrected chi connectivity index (χ0v) is 13.5. The van der Waals surface area contributed by atoms with E-state index in [1.165, 1.54) is 16.4 Å². The van der Waals surface area contributed by atoms with E-state index in [2.05, 4.69) is 10.3 Å². The molecule has 0 aliphatic heterocycles. The maximum absolute atomic E-state index is 11.8. The summed E-state index contributed by atoms with van der Waals surface area (Å²) in [5, 5.41) is 3.45. The maximum Gasteiger partial charge on any atom is 0.230 e. The third-order valence-corrected chi connectivity index (χ3v) is 3.89. The SMILES string of the molecule is COC[C@@H](C)NC(=O)CSc1nc(-c2ccccc2)cn1N. The van der Waals surface area contributed by atoms with Gasteiger partial charge in [-0.05, 0) is 6.92 Å². The summed E-state index contributed by atoms with van der Waals surface area (Å²) in [6.07, 6.45) is 1.75. The highest BCUT2D eigenvalue weighted by Crippen LogP contribution is 2.22. The van der Waals surface area contributed by atoms with Gasteiger partial charge in [0.25, 0.3) is 0 Å². The van der Waals surface area contributed by atoms with Crippen LogP contribution in [0.15, 0.2) is 41.7 Å². The summed E-state index contributed by atoms with van der Waals surface area (Å²) in [4.78, 5) is 16.3. The summed E-state index contributed by atoms with van der Waals surface area (Å²) < 4.78 is 6.42. The Labute approximate surface area is 134 Å². The first kappa shape index (κ1) is 16.4. The van der Waals surface area contributed by atoms with E-state index >= 15 is 0 Å². The number of nitrogens with zero attached hydrogens (tertiary/aromatic N) is 2. The van der Waals surface area contributed by atoms with Gasteiger partial charge in [-0.1, -0.05) is 42.1 Å². The van der Waals surface area contributed by atoms with Gasteiger partial charge in [0.05, 0.1) is 24.3 Å². The van der Waals surface area contributed by atoms with Crippen molar-refractivity contribution in [3.8, 4) is 11.3 Å². The van der Waals surface area contributed by atoms with Crippen molar-refractivity contribution in [1.82, 2.24) is 15.0 Å². The Kier molecular flexibility index (Phi) is 5.85. The number of carbonyl (C=O) groups is 1. The van der Waals surface area contributed by atoms with Gasteiger partial charge in [-0.3, -0.25) is 4.79 Å². The fourth-order valence-electron chi connectivity index (χ4n) is 1.97. The number of carbonyl (C=O) groups excluding carboxylic acids is 1. The smallest absolute Gasteiger partial charge is 0.230 e. The molecule has 0 unspecified atom stereocenters. The van der Waals surface area contributed by atoms with Gasteiger partial charge in [-0.25, -0.2) is 9.66 Å². The maximum atomic E-state index is 11.8. The third kappa shape index (κ3) is 4.51. The molecule has 1 atom stereocenters. The summed E-state index contributed by atoms with van der Waals surface area (Å²) in [5.74, 6) is 6.09. The van der Waals surface area contributed by atoms with Crippen LogP contribution < -0.4 is 11.2 Å². The monoisotopic (exact) mass is 320 g/mol. The molecule has 1 amide bonds. The van der Waals surface area contributed by atoms with E-state index in [1.54, 1.807) is 13.3 Å². The van der Waals surface area contributed by atoms with E-state index in [0.29, 0.717) is 11.8 Å². The number of methoxy groups -OCH3 is 1. The van der Waals surface area contributed by atoms with E-state index in [0.717, 1.165) is 11.3 Å². The highest BCUT2D eigenvalue weighted by atomic mass is 32.2. The molecule has 0 saturated carbocycles. The number of hydrogen-bond donors (Lipinski definition) is 2. The summed E-state index contributed by atoms with van der Waals surface area (Å²) >= 11 is 1.30. The van der Waals surface area contributed by atoms with E-state index in [9.17, 15) is 4.79 Å². The predicted molar refractivity (Wildman–Crippen MR) is 88.0 cm³/mol. The number of aromatic nitrogens is 2. The molecule has 0 fully saturated rings. The number of ether oxygens (including phenoxy) is 1. The number of nitrogens with one attached hydrogen (secondary N) is 1. The van der Waals surface area contributed by atoms with Crippen LogP contribution in [0.4, 0.5) is 0 Å². The Morgan fingerprint density at radius 2 is 2.18 bits per heavy atom. The average Bonchev–Trinajstić information content (AvgIpc) is 2.87. The molecule has 1 heterocycles. The highest BCUT2D eigenvalue weighted by Gasteiger charge is 2.12. The van der Waals surface area contributed by atoms with Crippen molar-refractivity contribution in [2.75, 3.05) is 25.3 Å².